The Morgan fingerprint density at radius 2 is 1.79 bits per heavy atom. The summed E-state index contributed by atoms with van der Waals surface area (Å²) >= 11 is 0. The van der Waals surface area contributed by atoms with E-state index in [1.54, 1.807) is 19.9 Å². The van der Waals surface area contributed by atoms with Crippen LogP contribution in [0.15, 0.2) is 11.6 Å². The van der Waals surface area contributed by atoms with Gasteiger partial charge in [-0.15, -0.1) is 0 Å². The number of ether oxygens (including phenoxy) is 5. The van der Waals surface area contributed by atoms with E-state index in [1.807, 2.05) is 6.92 Å². The lowest BCUT2D eigenvalue weighted by Crippen LogP contribution is -2.50. The van der Waals surface area contributed by atoms with E-state index in [0.29, 0.717) is 12.0 Å². The smallest absolute Gasteiger partial charge is 0.333 e. The van der Waals surface area contributed by atoms with E-state index in [0.717, 1.165) is 0 Å². The quantitative estimate of drug-likeness (QED) is 0.248. The summed E-state index contributed by atoms with van der Waals surface area (Å²) in [5, 5.41) is 0. The number of epoxide rings is 1. The van der Waals surface area contributed by atoms with Crippen molar-refractivity contribution in [2.45, 2.75) is 90.3 Å². The molecule has 0 bridgehead atoms. The molecule has 0 aromatic heterocycles. The third kappa shape index (κ3) is 5.16. The molecule has 0 aromatic carbocycles. The van der Waals surface area contributed by atoms with Gasteiger partial charge in [0.1, 0.15) is 30.8 Å². The predicted molar refractivity (Wildman–Crippen MR) is 115 cm³/mol. The number of rotatable bonds is 5. The van der Waals surface area contributed by atoms with Crippen molar-refractivity contribution in [3.63, 3.8) is 0 Å². The van der Waals surface area contributed by atoms with Gasteiger partial charge in [0.25, 0.3) is 0 Å². The van der Waals surface area contributed by atoms with Crippen LogP contribution in [0.3, 0.4) is 0 Å². The Morgan fingerprint density at radius 1 is 1.12 bits per heavy atom. The van der Waals surface area contributed by atoms with Crippen LogP contribution >= 0.6 is 0 Å². The van der Waals surface area contributed by atoms with Crippen molar-refractivity contribution in [1.82, 2.24) is 0 Å². The molecule has 0 spiro atoms. The molecule has 3 unspecified atom stereocenters. The molecule has 3 aliphatic rings. The van der Waals surface area contributed by atoms with Crippen LogP contribution in [0.1, 0.15) is 60.8 Å². The Bertz CT molecular complexity index is 923. The highest BCUT2D eigenvalue weighted by atomic mass is 16.7. The Morgan fingerprint density at radius 3 is 2.38 bits per heavy atom. The third-order valence-electron chi connectivity index (χ3n) is 6.95. The van der Waals surface area contributed by atoms with E-state index in [2.05, 4.69) is 0 Å². The fraction of sp³-hybridized carbons (Fsp3) is 0.708. The predicted octanol–water partition coefficient (Wildman–Crippen LogP) is 1.82. The van der Waals surface area contributed by atoms with E-state index in [-0.39, 0.29) is 25.2 Å². The summed E-state index contributed by atoms with van der Waals surface area (Å²) in [5.41, 5.74) is -2.03. The van der Waals surface area contributed by atoms with Crippen LogP contribution in [-0.4, -0.2) is 65.8 Å². The lowest BCUT2D eigenvalue weighted by Gasteiger charge is -2.36. The maximum atomic E-state index is 13.2. The van der Waals surface area contributed by atoms with Crippen LogP contribution in [-0.2, 0) is 47.7 Å². The molecular weight excluding hydrogens is 448 g/mol. The first kappa shape index (κ1) is 25.9. The molecule has 188 valence electrons. The molecule has 0 N–H and O–H groups in total. The molecule has 3 rings (SSSR count). The standard InChI is InChI=1S/C24H32O10/c1-7-12(2)21(28)31-16-10-24(6,33-14(4)26)17(27)8-9-23(5)20(34-23)19-18(16)15(22(29)32-19)11-30-13(3)25/h7,15-16,18-20H,8-11H2,1-6H3/b12-7+/t15?,16?,18?,19-,20-,23+,24+/m0/s1. The SMILES string of the molecule is C/C=C(\C)C(=O)OC1C[C@@](C)(OC(C)=O)C(=O)CC[C@@]2(C)O[C@H]2[C@H]2OC(=O)C(COC(C)=O)C12. The molecule has 34 heavy (non-hydrogen) atoms. The second kappa shape index (κ2) is 9.48. The summed E-state index contributed by atoms with van der Waals surface area (Å²) in [5.74, 6) is -4.61. The number of hydrogen-bond donors (Lipinski definition) is 0. The molecular formula is C24H32O10. The number of esters is 4. The molecule has 2 saturated heterocycles. The molecule has 10 nitrogen and oxygen atoms in total. The van der Waals surface area contributed by atoms with Gasteiger partial charge in [0, 0.05) is 32.3 Å². The van der Waals surface area contributed by atoms with Crippen LogP contribution < -0.4 is 0 Å². The largest absolute Gasteiger partial charge is 0.465 e. The second-order valence-corrected chi connectivity index (χ2v) is 9.61. The van der Waals surface area contributed by atoms with Gasteiger partial charge in [0.05, 0.1) is 11.5 Å². The maximum absolute atomic E-state index is 13.2. The number of hydrogen-bond acceptors (Lipinski definition) is 10. The highest BCUT2D eigenvalue weighted by molar-refractivity contribution is 5.90. The highest BCUT2D eigenvalue weighted by Gasteiger charge is 2.66. The molecule has 3 fully saturated rings. The van der Waals surface area contributed by atoms with Gasteiger partial charge >= 0.3 is 23.9 Å². The Labute approximate surface area is 198 Å². The number of fused-ring (bicyclic) bond motifs is 3. The van der Waals surface area contributed by atoms with E-state index in [4.69, 9.17) is 23.7 Å². The summed E-state index contributed by atoms with van der Waals surface area (Å²) in [6.45, 7) is 8.66. The zero-order valence-corrected chi connectivity index (χ0v) is 20.4. The van der Waals surface area contributed by atoms with Crippen molar-refractivity contribution in [3.05, 3.63) is 11.6 Å². The van der Waals surface area contributed by atoms with Crippen molar-refractivity contribution in [2.24, 2.45) is 11.8 Å². The number of ketones is 1. The van der Waals surface area contributed by atoms with Gasteiger partial charge in [-0.05, 0) is 34.1 Å². The van der Waals surface area contributed by atoms with Crippen LogP contribution in [0, 0.1) is 11.8 Å². The van der Waals surface area contributed by atoms with Gasteiger partial charge in [-0.25, -0.2) is 4.79 Å². The third-order valence-corrected chi connectivity index (χ3v) is 6.95. The lowest BCUT2D eigenvalue weighted by molar-refractivity contribution is -0.173. The van der Waals surface area contributed by atoms with Crippen LogP contribution in [0.25, 0.3) is 0 Å². The molecule has 10 heteroatoms. The molecule has 0 aromatic rings. The number of carbonyl (C=O) groups is 5. The average molecular weight is 481 g/mol. The van der Waals surface area contributed by atoms with E-state index >= 15 is 0 Å². The van der Waals surface area contributed by atoms with Crippen LogP contribution in [0.2, 0.25) is 0 Å². The monoisotopic (exact) mass is 480 g/mol. The number of carbonyl (C=O) groups excluding carboxylic acids is 5. The summed E-state index contributed by atoms with van der Waals surface area (Å²) in [6.07, 6.45) is -0.594. The van der Waals surface area contributed by atoms with Crippen molar-refractivity contribution in [1.29, 1.82) is 0 Å². The van der Waals surface area contributed by atoms with Crippen molar-refractivity contribution in [2.75, 3.05) is 6.61 Å². The van der Waals surface area contributed by atoms with Gasteiger partial charge in [-0.2, -0.15) is 0 Å². The maximum Gasteiger partial charge on any atom is 0.333 e. The number of allylic oxidation sites excluding steroid dienone is 1. The van der Waals surface area contributed by atoms with E-state index in [1.165, 1.54) is 20.8 Å². The zero-order chi connectivity index (χ0) is 25.4. The summed E-state index contributed by atoms with van der Waals surface area (Å²) in [6, 6.07) is 0. The molecule has 2 heterocycles. The Balaban J connectivity index is 2.08. The minimum absolute atomic E-state index is 0.0630. The molecule has 0 radical (unpaired) electrons. The second-order valence-electron chi connectivity index (χ2n) is 9.61. The topological polar surface area (TPSA) is 135 Å². The van der Waals surface area contributed by atoms with E-state index in [9.17, 15) is 24.0 Å². The van der Waals surface area contributed by atoms with Gasteiger partial charge < -0.3 is 23.7 Å². The minimum atomic E-state index is -1.61. The highest BCUT2D eigenvalue weighted by Crippen LogP contribution is 2.51. The van der Waals surface area contributed by atoms with Gasteiger partial charge in [0.15, 0.2) is 11.4 Å². The van der Waals surface area contributed by atoms with E-state index < -0.39 is 65.2 Å². The van der Waals surface area contributed by atoms with Crippen molar-refractivity contribution < 1.29 is 47.7 Å². The first-order chi connectivity index (χ1) is 15.8. The average Bonchev–Trinajstić information content (AvgIpc) is 3.30. The molecule has 1 saturated carbocycles. The summed E-state index contributed by atoms with van der Waals surface area (Å²) < 4.78 is 28.0. The van der Waals surface area contributed by atoms with Crippen LogP contribution in [0.5, 0.6) is 0 Å². The fourth-order valence-electron chi connectivity index (χ4n) is 4.82. The van der Waals surface area contributed by atoms with Gasteiger partial charge in [-0.3, -0.25) is 19.2 Å². The number of Topliss-reactive ketones (excluding diaryl/α,β-unsaturated/α-hetero) is 1. The molecule has 7 atom stereocenters. The fourth-order valence-corrected chi connectivity index (χ4v) is 4.82. The first-order valence-corrected chi connectivity index (χ1v) is 11.4. The lowest BCUT2D eigenvalue weighted by atomic mass is 9.75. The minimum Gasteiger partial charge on any atom is -0.465 e. The van der Waals surface area contributed by atoms with Gasteiger partial charge in [0.2, 0.25) is 0 Å². The van der Waals surface area contributed by atoms with Gasteiger partial charge in [-0.1, -0.05) is 6.08 Å². The van der Waals surface area contributed by atoms with Crippen LogP contribution in [0.4, 0.5) is 0 Å². The van der Waals surface area contributed by atoms with Crippen molar-refractivity contribution >= 4 is 29.7 Å². The normalized spacial score (nSPS) is 37.6. The summed E-state index contributed by atoms with van der Waals surface area (Å²) in [4.78, 5) is 62.2. The Kier molecular flexibility index (Phi) is 7.21. The first-order valence-electron chi connectivity index (χ1n) is 11.4. The Hall–Kier alpha value is -2.75. The van der Waals surface area contributed by atoms with Crippen molar-refractivity contribution in [3.8, 4) is 0 Å². The zero-order valence-electron chi connectivity index (χ0n) is 20.4. The molecule has 0 amide bonds. The summed E-state index contributed by atoms with van der Waals surface area (Å²) in [7, 11) is 0. The molecule has 1 aliphatic carbocycles. The molecule has 2 aliphatic heterocycles.